The van der Waals surface area contributed by atoms with E-state index in [0.29, 0.717) is 18.5 Å². The molecule has 3 unspecified atom stereocenters. The second-order valence-corrected chi connectivity index (χ2v) is 9.52. The fraction of sp³-hybridized carbons (Fsp3) is 0.500. The number of halogens is 2. The first-order chi connectivity index (χ1) is 15.1. The average molecular weight is 425 g/mol. The summed E-state index contributed by atoms with van der Waals surface area (Å²) in [6.45, 7) is 2.42. The van der Waals surface area contributed by atoms with Gasteiger partial charge in [0.2, 0.25) is 5.91 Å². The molecule has 1 aliphatic carbocycles. The zero-order valence-corrected chi connectivity index (χ0v) is 17.8. The zero-order chi connectivity index (χ0) is 21.4. The Balaban J connectivity index is 1.34. The number of benzene rings is 2. The fourth-order valence-electron chi connectivity index (χ4n) is 6.33. The van der Waals surface area contributed by atoms with E-state index in [2.05, 4.69) is 10.2 Å². The molecule has 0 bridgehead atoms. The molecule has 3 atom stereocenters. The van der Waals surface area contributed by atoms with E-state index in [9.17, 15) is 13.6 Å². The molecule has 1 spiro atoms. The fourth-order valence-corrected chi connectivity index (χ4v) is 6.33. The van der Waals surface area contributed by atoms with Crippen LogP contribution in [0, 0.1) is 17.0 Å². The molecule has 0 radical (unpaired) electrons. The Bertz CT molecular complexity index is 919. The molecule has 1 N–H and O–H groups in total. The number of likely N-dealkylation sites (tertiary alicyclic amines) is 1. The minimum atomic E-state index is -0.394. The van der Waals surface area contributed by atoms with Gasteiger partial charge in [0.1, 0.15) is 11.6 Å². The average Bonchev–Trinajstić information content (AvgIpc) is 3.11. The summed E-state index contributed by atoms with van der Waals surface area (Å²) in [7, 11) is 0. The second kappa shape index (κ2) is 8.34. The van der Waals surface area contributed by atoms with Gasteiger partial charge in [-0.2, -0.15) is 0 Å². The van der Waals surface area contributed by atoms with Crippen LogP contribution >= 0.6 is 0 Å². The summed E-state index contributed by atoms with van der Waals surface area (Å²) in [6, 6.07) is 14.1. The number of hydrogen-bond acceptors (Lipinski definition) is 2. The summed E-state index contributed by atoms with van der Waals surface area (Å²) in [6.07, 6.45) is 6.38. The van der Waals surface area contributed by atoms with Crippen LogP contribution in [0.3, 0.4) is 0 Å². The molecule has 31 heavy (non-hydrogen) atoms. The normalized spacial score (nSPS) is 28.6. The summed E-state index contributed by atoms with van der Waals surface area (Å²) in [5, 5.41) is 3.09. The number of piperidine rings is 1. The van der Waals surface area contributed by atoms with Crippen molar-refractivity contribution in [2.75, 3.05) is 19.6 Å². The number of nitrogens with one attached hydrogen (secondary N) is 1. The highest BCUT2D eigenvalue weighted by molar-refractivity contribution is 5.86. The highest BCUT2D eigenvalue weighted by Crippen LogP contribution is 2.49. The highest BCUT2D eigenvalue weighted by atomic mass is 19.1. The van der Waals surface area contributed by atoms with E-state index in [4.69, 9.17) is 0 Å². The third kappa shape index (κ3) is 3.78. The van der Waals surface area contributed by atoms with Crippen LogP contribution in [0.25, 0.3) is 0 Å². The lowest BCUT2D eigenvalue weighted by atomic mass is 9.67. The van der Waals surface area contributed by atoms with Gasteiger partial charge in [-0.3, -0.25) is 9.69 Å². The number of rotatable bonds is 3. The van der Waals surface area contributed by atoms with Crippen LogP contribution in [0.1, 0.15) is 61.5 Å². The summed E-state index contributed by atoms with van der Waals surface area (Å²) in [5.74, 6) is 0.250. The van der Waals surface area contributed by atoms with E-state index >= 15 is 0 Å². The van der Waals surface area contributed by atoms with Crippen molar-refractivity contribution in [1.82, 2.24) is 10.2 Å². The van der Waals surface area contributed by atoms with Crippen molar-refractivity contribution in [2.24, 2.45) is 5.41 Å². The lowest BCUT2D eigenvalue weighted by Crippen LogP contribution is -2.51. The number of amides is 1. The molecule has 5 heteroatoms. The van der Waals surface area contributed by atoms with Crippen molar-refractivity contribution in [3.05, 3.63) is 71.3 Å². The van der Waals surface area contributed by atoms with E-state index in [1.807, 2.05) is 24.3 Å². The van der Waals surface area contributed by atoms with Crippen molar-refractivity contribution < 1.29 is 13.6 Å². The predicted octanol–water partition coefficient (Wildman–Crippen LogP) is 4.99. The van der Waals surface area contributed by atoms with Gasteiger partial charge in [-0.1, -0.05) is 37.1 Å². The minimum Gasteiger partial charge on any atom is -0.355 e. The highest BCUT2D eigenvalue weighted by Gasteiger charge is 2.52. The first kappa shape index (κ1) is 20.6. The van der Waals surface area contributed by atoms with E-state index in [1.54, 1.807) is 12.1 Å². The molecule has 5 rings (SSSR count). The molecule has 2 aliphatic heterocycles. The molecule has 3 aliphatic rings. The number of hydrogen-bond donors (Lipinski definition) is 1. The molecular weight excluding hydrogens is 394 g/mol. The molecule has 0 aromatic heterocycles. The van der Waals surface area contributed by atoms with Gasteiger partial charge in [-0.05, 0) is 80.1 Å². The Labute approximate surface area is 182 Å². The van der Waals surface area contributed by atoms with Crippen molar-refractivity contribution >= 4 is 5.91 Å². The maximum Gasteiger partial charge on any atom is 0.227 e. The minimum absolute atomic E-state index is 0.0991. The first-order valence-electron chi connectivity index (χ1n) is 11.6. The van der Waals surface area contributed by atoms with Gasteiger partial charge < -0.3 is 5.32 Å². The Hall–Kier alpha value is -2.27. The summed E-state index contributed by atoms with van der Waals surface area (Å²) in [5.41, 5.74) is 1.89. The number of carbonyl (C=O) groups excluding carboxylic acids is 1. The Morgan fingerprint density at radius 1 is 0.839 bits per heavy atom. The van der Waals surface area contributed by atoms with E-state index in [0.717, 1.165) is 44.3 Å². The molecule has 2 saturated heterocycles. The molecule has 3 nitrogen and oxygen atoms in total. The lowest BCUT2D eigenvalue weighted by Gasteiger charge is -2.47. The van der Waals surface area contributed by atoms with Gasteiger partial charge >= 0.3 is 0 Å². The largest absolute Gasteiger partial charge is 0.355 e. The maximum atomic E-state index is 13.4. The van der Waals surface area contributed by atoms with Crippen molar-refractivity contribution in [3.63, 3.8) is 0 Å². The van der Waals surface area contributed by atoms with Crippen LogP contribution in [0.4, 0.5) is 8.78 Å². The Morgan fingerprint density at radius 2 is 1.42 bits per heavy atom. The SMILES string of the molecule is O=C1NCC(c2ccc(F)cc2)C12CCN(C1CCCCC1c1ccc(F)cc1)CC2. The lowest BCUT2D eigenvalue weighted by molar-refractivity contribution is -0.131. The summed E-state index contributed by atoms with van der Waals surface area (Å²) in [4.78, 5) is 15.5. The van der Waals surface area contributed by atoms with Crippen molar-refractivity contribution in [3.8, 4) is 0 Å². The van der Waals surface area contributed by atoms with Crippen molar-refractivity contribution in [1.29, 1.82) is 0 Å². The van der Waals surface area contributed by atoms with Crippen molar-refractivity contribution in [2.45, 2.75) is 56.4 Å². The van der Waals surface area contributed by atoms with Gasteiger partial charge in [-0.25, -0.2) is 8.78 Å². The summed E-state index contributed by atoms with van der Waals surface area (Å²) < 4.78 is 26.9. The Kier molecular flexibility index (Phi) is 5.55. The van der Waals surface area contributed by atoms with Crippen LogP contribution in [0.2, 0.25) is 0 Å². The maximum absolute atomic E-state index is 13.4. The molecule has 2 heterocycles. The molecule has 2 aromatic carbocycles. The topological polar surface area (TPSA) is 32.3 Å². The second-order valence-electron chi connectivity index (χ2n) is 9.52. The number of nitrogens with zero attached hydrogens (tertiary/aromatic N) is 1. The monoisotopic (exact) mass is 424 g/mol. The molecule has 1 amide bonds. The van der Waals surface area contributed by atoms with Crippen LogP contribution in [0.5, 0.6) is 0 Å². The molecule has 3 fully saturated rings. The smallest absolute Gasteiger partial charge is 0.227 e. The first-order valence-corrected chi connectivity index (χ1v) is 11.6. The molecule has 2 aromatic rings. The Morgan fingerprint density at radius 3 is 2.06 bits per heavy atom. The van der Waals surface area contributed by atoms with Gasteiger partial charge in [0.15, 0.2) is 0 Å². The molecule has 1 saturated carbocycles. The van der Waals surface area contributed by atoms with Crippen LogP contribution in [-0.2, 0) is 4.79 Å². The van der Waals surface area contributed by atoms with Gasteiger partial charge in [0, 0.05) is 18.5 Å². The van der Waals surface area contributed by atoms with Gasteiger partial charge in [0.25, 0.3) is 0 Å². The van der Waals surface area contributed by atoms with Crippen LogP contribution in [0.15, 0.2) is 48.5 Å². The van der Waals surface area contributed by atoms with Crippen LogP contribution in [-0.4, -0.2) is 36.5 Å². The van der Waals surface area contributed by atoms with Gasteiger partial charge in [-0.15, -0.1) is 0 Å². The van der Waals surface area contributed by atoms with Crippen LogP contribution < -0.4 is 5.32 Å². The predicted molar refractivity (Wildman–Crippen MR) is 117 cm³/mol. The van der Waals surface area contributed by atoms with Gasteiger partial charge in [0.05, 0.1) is 5.41 Å². The molecular formula is C26H30F2N2O. The zero-order valence-electron chi connectivity index (χ0n) is 17.8. The third-order valence-corrected chi connectivity index (χ3v) is 8.05. The van der Waals surface area contributed by atoms with E-state index in [1.165, 1.54) is 30.5 Å². The summed E-state index contributed by atoms with van der Waals surface area (Å²) >= 11 is 0. The third-order valence-electron chi connectivity index (χ3n) is 8.05. The molecule has 164 valence electrons. The quantitative estimate of drug-likeness (QED) is 0.753. The van der Waals surface area contributed by atoms with E-state index < -0.39 is 5.41 Å². The van der Waals surface area contributed by atoms with E-state index in [-0.39, 0.29) is 23.5 Å². The standard InChI is InChI=1S/C26H30F2N2O/c27-20-9-5-18(6-10-20)22-3-1-2-4-24(22)30-15-13-26(14-16-30)23(17-29-25(26)31)19-7-11-21(28)12-8-19/h5-12,22-24H,1-4,13-17H2,(H,29,31). The number of carbonyl (C=O) groups is 1.